The van der Waals surface area contributed by atoms with Crippen molar-refractivity contribution >= 4 is 22.9 Å². The molecule has 1 fully saturated rings. The van der Waals surface area contributed by atoms with Gasteiger partial charge >= 0.3 is 0 Å². The average Bonchev–Trinajstić information content (AvgIpc) is 3.20. The van der Waals surface area contributed by atoms with E-state index in [1.165, 1.54) is 17.9 Å². The third-order valence-electron chi connectivity index (χ3n) is 3.93. The number of aromatic nitrogens is 3. The van der Waals surface area contributed by atoms with Crippen LogP contribution < -0.4 is 0 Å². The molecule has 0 spiro atoms. The van der Waals surface area contributed by atoms with E-state index in [1.54, 1.807) is 0 Å². The second kappa shape index (κ2) is 5.22. The molecule has 0 aliphatic carbocycles. The fourth-order valence-corrected chi connectivity index (χ4v) is 4.13. The highest BCUT2D eigenvalue weighted by molar-refractivity contribution is 7.99. The summed E-state index contributed by atoms with van der Waals surface area (Å²) in [6, 6.07) is 7.93. The number of hydrogen-bond donors (Lipinski definition) is 0. The number of thioether (sulfide) groups is 1. The van der Waals surface area contributed by atoms with Gasteiger partial charge in [0.1, 0.15) is 11.3 Å². The first kappa shape index (κ1) is 13.0. The Morgan fingerprint density at radius 1 is 1.38 bits per heavy atom. The minimum absolute atomic E-state index is 0.698. The summed E-state index contributed by atoms with van der Waals surface area (Å²) in [5.74, 6) is 5.82. The molecule has 1 aliphatic rings. The molecular formula is C16H17N3OS. The molecule has 3 aromatic heterocycles. The second-order valence-corrected chi connectivity index (χ2v) is 6.68. The van der Waals surface area contributed by atoms with Crippen molar-refractivity contribution in [1.82, 2.24) is 14.5 Å². The van der Waals surface area contributed by atoms with Crippen LogP contribution in [0.4, 0.5) is 0 Å². The average molecular weight is 299 g/mol. The van der Waals surface area contributed by atoms with Gasteiger partial charge in [-0.2, -0.15) is 11.8 Å². The summed E-state index contributed by atoms with van der Waals surface area (Å²) in [6.07, 6.45) is 3.11. The molecule has 0 amide bonds. The van der Waals surface area contributed by atoms with Crippen molar-refractivity contribution in [3.05, 3.63) is 36.2 Å². The molecule has 3 aromatic rings. The highest BCUT2D eigenvalue weighted by Crippen LogP contribution is 2.30. The Bertz CT molecular complexity index is 771. The van der Waals surface area contributed by atoms with Gasteiger partial charge in [-0.1, -0.05) is 0 Å². The van der Waals surface area contributed by atoms with Gasteiger partial charge in [0.15, 0.2) is 17.2 Å². The molecule has 1 aliphatic heterocycles. The van der Waals surface area contributed by atoms with Crippen LogP contribution in [0.2, 0.25) is 0 Å². The Morgan fingerprint density at radius 2 is 2.33 bits per heavy atom. The van der Waals surface area contributed by atoms with Crippen LogP contribution in [0.15, 0.2) is 34.9 Å². The van der Waals surface area contributed by atoms with Crippen LogP contribution in [0.1, 0.15) is 12.2 Å². The minimum Gasteiger partial charge on any atom is -0.458 e. The van der Waals surface area contributed by atoms with Gasteiger partial charge in [-0.3, -0.25) is 0 Å². The SMILES string of the molecule is Cc1ccc(-c2nc3cccnc3n2CC2CCSC2)o1. The van der Waals surface area contributed by atoms with Gasteiger partial charge in [0.25, 0.3) is 0 Å². The lowest BCUT2D eigenvalue weighted by molar-refractivity contribution is 0.490. The van der Waals surface area contributed by atoms with Gasteiger partial charge in [-0.15, -0.1) is 0 Å². The lowest BCUT2D eigenvalue weighted by atomic mass is 10.1. The molecule has 1 atom stereocenters. The van der Waals surface area contributed by atoms with Crippen LogP contribution in [-0.2, 0) is 6.54 Å². The van der Waals surface area contributed by atoms with Crippen LogP contribution in [0.25, 0.3) is 22.7 Å². The third-order valence-corrected chi connectivity index (χ3v) is 5.16. The minimum atomic E-state index is 0.698. The Morgan fingerprint density at radius 3 is 3.10 bits per heavy atom. The molecule has 0 aromatic carbocycles. The second-order valence-electron chi connectivity index (χ2n) is 5.53. The zero-order valence-electron chi connectivity index (χ0n) is 12.0. The van der Waals surface area contributed by atoms with E-state index in [4.69, 9.17) is 9.40 Å². The van der Waals surface area contributed by atoms with Crippen molar-refractivity contribution < 1.29 is 4.42 Å². The summed E-state index contributed by atoms with van der Waals surface area (Å²) in [5.41, 5.74) is 1.89. The number of nitrogens with zero attached hydrogens (tertiary/aromatic N) is 3. The standard InChI is InChI=1S/C16H17N3OS/c1-11-4-5-14(20-11)16-18-13-3-2-7-17-15(13)19(16)9-12-6-8-21-10-12/h2-5,7,12H,6,8-10H2,1H3. The van der Waals surface area contributed by atoms with E-state index in [2.05, 4.69) is 9.55 Å². The molecule has 0 saturated carbocycles. The molecule has 4 nitrogen and oxygen atoms in total. The fourth-order valence-electron chi connectivity index (χ4n) is 2.86. The third kappa shape index (κ3) is 2.35. The van der Waals surface area contributed by atoms with Crippen LogP contribution in [0.3, 0.4) is 0 Å². The quantitative estimate of drug-likeness (QED) is 0.738. The molecule has 0 radical (unpaired) electrons. The molecule has 1 unspecified atom stereocenters. The summed E-state index contributed by atoms with van der Waals surface area (Å²) in [6.45, 7) is 2.93. The number of rotatable bonds is 3. The highest BCUT2D eigenvalue weighted by Gasteiger charge is 2.21. The molecule has 4 heterocycles. The van der Waals surface area contributed by atoms with Gasteiger partial charge in [0.2, 0.25) is 0 Å². The topological polar surface area (TPSA) is 43.9 Å². The van der Waals surface area contributed by atoms with E-state index in [0.29, 0.717) is 5.92 Å². The van der Waals surface area contributed by atoms with Gasteiger partial charge in [0.05, 0.1) is 0 Å². The maximum Gasteiger partial charge on any atom is 0.178 e. The van der Waals surface area contributed by atoms with Gasteiger partial charge in [-0.25, -0.2) is 9.97 Å². The normalized spacial score (nSPS) is 18.6. The van der Waals surface area contributed by atoms with Crippen LogP contribution >= 0.6 is 11.8 Å². The summed E-state index contributed by atoms with van der Waals surface area (Å²) in [7, 11) is 0. The van der Waals surface area contributed by atoms with Gasteiger partial charge in [0, 0.05) is 12.7 Å². The molecule has 0 N–H and O–H groups in total. The molecule has 0 bridgehead atoms. The molecular weight excluding hydrogens is 282 g/mol. The van der Waals surface area contributed by atoms with E-state index < -0.39 is 0 Å². The summed E-state index contributed by atoms with van der Waals surface area (Å²) in [5, 5.41) is 0. The molecule has 5 heteroatoms. The number of imidazole rings is 1. The number of pyridine rings is 1. The van der Waals surface area contributed by atoms with E-state index in [0.717, 1.165) is 35.1 Å². The first-order chi connectivity index (χ1) is 10.3. The largest absolute Gasteiger partial charge is 0.458 e. The van der Waals surface area contributed by atoms with E-state index in [-0.39, 0.29) is 0 Å². The van der Waals surface area contributed by atoms with Crippen molar-refractivity contribution in [2.75, 3.05) is 11.5 Å². The summed E-state index contributed by atoms with van der Waals surface area (Å²) in [4.78, 5) is 9.27. The van der Waals surface area contributed by atoms with Crippen LogP contribution in [0.5, 0.6) is 0 Å². The van der Waals surface area contributed by atoms with Gasteiger partial charge in [-0.05, 0) is 55.0 Å². The van der Waals surface area contributed by atoms with E-state index >= 15 is 0 Å². The number of hydrogen-bond acceptors (Lipinski definition) is 4. The Labute approximate surface area is 127 Å². The molecule has 108 valence electrons. The first-order valence-corrected chi connectivity index (χ1v) is 8.42. The molecule has 1 saturated heterocycles. The van der Waals surface area contributed by atoms with Crippen LogP contribution in [-0.4, -0.2) is 26.0 Å². The predicted molar refractivity (Wildman–Crippen MR) is 85.4 cm³/mol. The number of fused-ring (bicyclic) bond motifs is 1. The fraction of sp³-hybridized carbons (Fsp3) is 0.375. The van der Waals surface area contributed by atoms with E-state index in [1.807, 2.05) is 49.1 Å². The van der Waals surface area contributed by atoms with Crippen molar-refractivity contribution in [2.24, 2.45) is 5.92 Å². The lowest BCUT2D eigenvalue weighted by Gasteiger charge is -2.12. The lowest BCUT2D eigenvalue weighted by Crippen LogP contribution is -2.11. The monoisotopic (exact) mass is 299 g/mol. The van der Waals surface area contributed by atoms with Crippen LogP contribution in [0, 0.1) is 12.8 Å². The highest BCUT2D eigenvalue weighted by atomic mass is 32.2. The Balaban J connectivity index is 1.84. The summed E-state index contributed by atoms with van der Waals surface area (Å²) < 4.78 is 8.01. The zero-order valence-corrected chi connectivity index (χ0v) is 12.8. The smallest absolute Gasteiger partial charge is 0.178 e. The maximum atomic E-state index is 5.79. The number of aryl methyl sites for hydroxylation is 1. The van der Waals surface area contributed by atoms with Gasteiger partial charge < -0.3 is 8.98 Å². The molecule has 21 heavy (non-hydrogen) atoms. The van der Waals surface area contributed by atoms with Crippen molar-refractivity contribution in [2.45, 2.75) is 19.9 Å². The van der Waals surface area contributed by atoms with Crippen molar-refractivity contribution in [3.8, 4) is 11.6 Å². The predicted octanol–water partition coefficient (Wildman–Crippen LogP) is 3.75. The Kier molecular flexibility index (Phi) is 3.22. The Hall–Kier alpha value is -1.75. The van der Waals surface area contributed by atoms with E-state index in [9.17, 15) is 0 Å². The zero-order chi connectivity index (χ0) is 14.2. The summed E-state index contributed by atoms with van der Waals surface area (Å²) >= 11 is 2.04. The first-order valence-electron chi connectivity index (χ1n) is 7.27. The van der Waals surface area contributed by atoms with Crippen molar-refractivity contribution in [1.29, 1.82) is 0 Å². The number of furan rings is 1. The van der Waals surface area contributed by atoms with Crippen molar-refractivity contribution in [3.63, 3.8) is 0 Å². The molecule has 4 rings (SSSR count). The maximum absolute atomic E-state index is 5.79.